The summed E-state index contributed by atoms with van der Waals surface area (Å²) >= 11 is 0. The lowest BCUT2D eigenvalue weighted by Gasteiger charge is -2.26. The molecule has 104 valence electrons. The molecule has 2 aliphatic heterocycles. The van der Waals surface area contributed by atoms with Crippen molar-refractivity contribution in [1.29, 1.82) is 0 Å². The first-order valence-electron chi connectivity index (χ1n) is 7.16. The molecule has 0 spiro atoms. The van der Waals surface area contributed by atoms with Crippen molar-refractivity contribution in [3.05, 3.63) is 35.4 Å². The van der Waals surface area contributed by atoms with Crippen molar-refractivity contribution in [2.45, 2.75) is 51.0 Å². The standard InChI is InChI=1S/C16H23NO2/c1-15(2)18-11-14(19-15)12-6-4-7-13(10-12)16(3)8-5-9-17-16/h4,6-7,10,14,17H,5,8-9,11H2,1-3H3. The zero-order valence-electron chi connectivity index (χ0n) is 12.0. The Morgan fingerprint density at radius 2 is 2.11 bits per heavy atom. The minimum atomic E-state index is -0.462. The summed E-state index contributed by atoms with van der Waals surface area (Å²) in [5.74, 6) is -0.462. The van der Waals surface area contributed by atoms with Crippen LogP contribution in [0.15, 0.2) is 24.3 Å². The van der Waals surface area contributed by atoms with Crippen molar-refractivity contribution in [2.75, 3.05) is 13.2 Å². The van der Waals surface area contributed by atoms with E-state index < -0.39 is 5.79 Å². The molecule has 2 atom stereocenters. The lowest BCUT2D eigenvalue weighted by atomic mass is 9.89. The maximum absolute atomic E-state index is 5.94. The number of hydrogen-bond acceptors (Lipinski definition) is 3. The largest absolute Gasteiger partial charge is 0.347 e. The minimum Gasteiger partial charge on any atom is -0.347 e. The summed E-state index contributed by atoms with van der Waals surface area (Å²) in [6.45, 7) is 7.97. The van der Waals surface area contributed by atoms with Gasteiger partial charge in [-0.15, -0.1) is 0 Å². The first kappa shape index (κ1) is 13.1. The number of hydrogen-bond donors (Lipinski definition) is 1. The average molecular weight is 261 g/mol. The van der Waals surface area contributed by atoms with Crippen LogP contribution in [0.1, 0.15) is 50.8 Å². The van der Waals surface area contributed by atoms with E-state index in [2.05, 4.69) is 36.5 Å². The summed E-state index contributed by atoms with van der Waals surface area (Å²) in [6, 6.07) is 8.75. The van der Waals surface area contributed by atoms with Crippen molar-refractivity contribution < 1.29 is 9.47 Å². The molecule has 19 heavy (non-hydrogen) atoms. The molecule has 3 heteroatoms. The molecule has 0 amide bonds. The fourth-order valence-electron chi connectivity index (χ4n) is 3.07. The topological polar surface area (TPSA) is 30.5 Å². The Morgan fingerprint density at radius 3 is 2.74 bits per heavy atom. The second-order valence-electron chi connectivity index (χ2n) is 6.31. The van der Waals surface area contributed by atoms with Gasteiger partial charge in [-0.05, 0) is 51.3 Å². The molecule has 3 nitrogen and oxygen atoms in total. The molecule has 1 aromatic rings. The number of ether oxygens (including phenoxy) is 2. The van der Waals surface area contributed by atoms with Crippen LogP contribution in [0.3, 0.4) is 0 Å². The van der Waals surface area contributed by atoms with Crippen LogP contribution < -0.4 is 5.32 Å². The van der Waals surface area contributed by atoms with E-state index in [1.54, 1.807) is 0 Å². The second-order valence-corrected chi connectivity index (χ2v) is 6.31. The molecule has 0 aromatic heterocycles. The van der Waals surface area contributed by atoms with Crippen LogP contribution in [0.5, 0.6) is 0 Å². The van der Waals surface area contributed by atoms with E-state index in [-0.39, 0.29) is 11.6 Å². The van der Waals surface area contributed by atoms with Crippen LogP contribution in [0, 0.1) is 0 Å². The molecule has 0 saturated carbocycles. The van der Waals surface area contributed by atoms with Gasteiger partial charge in [0.05, 0.1) is 6.61 Å². The van der Waals surface area contributed by atoms with Gasteiger partial charge in [0.2, 0.25) is 0 Å². The molecule has 0 radical (unpaired) electrons. The summed E-state index contributed by atoms with van der Waals surface area (Å²) in [6.07, 6.45) is 2.50. The van der Waals surface area contributed by atoms with Gasteiger partial charge in [-0.1, -0.05) is 24.3 Å². The summed E-state index contributed by atoms with van der Waals surface area (Å²) in [4.78, 5) is 0. The molecule has 1 N–H and O–H groups in total. The molecular weight excluding hydrogens is 238 g/mol. The molecular formula is C16H23NO2. The molecule has 2 aliphatic rings. The summed E-state index contributed by atoms with van der Waals surface area (Å²) in [5.41, 5.74) is 2.69. The first-order valence-corrected chi connectivity index (χ1v) is 7.16. The average Bonchev–Trinajstić information content (AvgIpc) is 2.97. The van der Waals surface area contributed by atoms with Crippen molar-refractivity contribution >= 4 is 0 Å². The van der Waals surface area contributed by atoms with Gasteiger partial charge in [-0.2, -0.15) is 0 Å². The van der Waals surface area contributed by atoms with Gasteiger partial charge in [0.15, 0.2) is 5.79 Å². The Labute approximate surface area is 115 Å². The lowest BCUT2D eigenvalue weighted by Crippen LogP contribution is -2.33. The van der Waals surface area contributed by atoms with Crippen molar-refractivity contribution in [3.63, 3.8) is 0 Å². The highest BCUT2D eigenvalue weighted by Crippen LogP contribution is 2.36. The second kappa shape index (κ2) is 4.58. The first-order chi connectivity index (χ1) is 8.99. The molecule has 3 rings (SSSR count). The summed E-state index contributed by atoms with van der Waals surface area (Å²) < 4.78 is 11.6. The molecule has 1 aromatic carbocycles. The molecule has 0 aliphatic carbocycles. The highest BCUT2D eigenvalue weighted by atomic mass is 16.7. The van der Waals surface area contributed by atoms with E-state index >= 15 is 0 Å². The Morgan fingerprint density at radius 1 is 1.26 bits per heavy atom. The summed E-state index contributed by atoms with van der Waals surface area (Å²) in [7, 11) is 0. The summed E-state index contributed by atoms with van der Waals surface area (Å²) in [5, 5.41) is 3.61. The Hall–Kier alpha value is -0.900. The molecule has 2 unspecified atom stereocenters. The van der Waals surface area contributed by atoms with Crippen molar-refractivity contribution in [1.82, 2.24) is 5.32 Å². The highest BCUT2D eigenvalue weighted by Gasteiger charge is 2.35. The smallest absolute Gasteiger partial charge is 0.163 e. The highest BCUT2D eigenvalue weighted by molar-refractivity contribution is 5.31. The number of benzene rings is 1. The van der Waals surface area contributed by atoms with E-state index in [9.17, 15) is 0 Å². The Bertz CT molecular complexity index is 464. The minimum absolute atomic E-state index is 0.0555. The Kier molecular flexibility index (Phi) is 3.16. The molecule has 0 bridgehead atoms. The Balaban J connectivity index is 1.84. The van der Waals surface area contributed by atoms with Crippen LogP contribution in [0.4, 0.5) is 0 Å². The van der Waals surface area contributed by atoms with Crippen molar-refractivity contribution in [2.24, 2.45) is 0 Å². The van der Waals surface area contributed by atoms with Gasteiger partial charge >= 0.3 is 0 Å². The van der Waals surface area contributed by atoms with Gasteiger partial charge in [-0.25, -0.2) is 0 Å². The third kappa shape index (κ3) is 2.55. The fraction of sp³-hybridized carbons (Fsp3) is 0.625. The fourth-order valence-corrected chi connectivity index (χ4v) is 3.07. The van der Waals surface area contributed by atoms with E-state index in [1.807, 2.05) is 13.8 Å². The lowest BCUT2D eigenvalue weighted by molar-refractivity contribution is -0.139. The monoisotopic (exact) mass is 261 g/mol. The quantitative estimate of drug-likeness (QED) is 0.887. The van der Waals surface area contributed by atoms with E-state index in [0.717, 1.165) is 6.54 Å². The predicted octanol–water partition coefficient (Wildman–Crippen LogP) is 3.11. The zero-order chi connectivity index (χ0) is 13.5. The molecule has 2 saturated heterocycles. The van der Waals surface area contributed by atoms with E-state index in [1.165, 1.54) is 24.0 Å². The van der Waals surface area contributed by atoms with Crippen LogP contribution in [-0.2, 0) is 15.0 Å². The third-order valence-corrected chi connectivity index (χ3v) is 4.27. The van der Waals surface area contributed by atoms with E-state index in [4.69, 9.17) is 9.47 Å². The van der Waals surface area contributed by atoms with Gasteiger partial charge in [-0.3, -0.25) is 0 Å². The van der Waals surface area contributed by atoms with Crippen LogP contribution >= 0.6 is 0 Å². The predicted molar refractivity (Wildman–Crippen MR) is 74.9 cm³/mol. The van der Waals surface area contributed by atoms with Gasteiger partial charge < -0.3 is 14.8 Å². The maximum Gasteiger partial charge on any atom is 0.163 e. The number of rotatable bonds is 2. The van der Waals surface area contributed by atoms with Crippen molar-refractivity contribution in [3.8, 4) is 0 Å². The third-order valence-electron chi connectivity index (χ3n) is 4.27. The van der Waals surface area contributed by atoms with Crippen LogP contribution in [-0.4, -0.2) is 18.9 Å². The van der Waals surface area contributed by atoms with Crippen LogP contribution in [0.25, 0.3) is 0 Å². The molecule has 2 fully saturated rings. The number of nitrogens with one attached hydrogen (secondary N) is 1. The normalized spacial score (nSPS) is 33.7. The van der Waals surface area contributed by atoms with E-state index in [0.29, 0.717) is 6.61 Å². The SMILES string of the molecule is CC1(C)OCC(c2cccc(C3(C)CCCN3)c2)O1. The van der Waals surface area contributed by atoms with Gasteiger partial charge in [0.25, 0.3) is 0 Å². The van der Waals surface area contributed by atoms with Gasteiger partial charge in [0, 0.05) is 5.54 Å². The van der Waals surface area contributed by atoms with Crippen LogP contribution in [0.2, 0.25) is 0 Å². The molecule has 2 heterocycles. The zero-order valence-corrected chi connectivity index (χ0v) is 12.0. The van der Waals surface area contributed by atoms with Gasteiger partial charge in [0.1, 0.15) is 6.10 Å². The maximum atomic E-state index is 5.94.